The van der Waals surface area contributed by atoms with Crippen LogP contribution in [-0.2, 0) is 28.9 Å². The van der Waals surface area contributed by atoms with E-state index in [1.807, 2.05) is 19.1 Å². The molecule has 0 atom stereocenters. The molecule has 0 fully saturated rings. The standard InChI is InChI=1S/C27H38N2O4/c1-4-6-8-21-9-12-23(25(19-21)32-3)15-17-33-18-16-28-27(31)24-13-10-22(11-14-24)20-29-26(30)7-5-2/h9-14,19H,4-8,15-18,20H2,1-3H3,(H,28,31)(H,29,30). The number of carbonyl (C=O) groups is 2. The van der Waals surface area contributed by atoms with Crippen molar-refractivity contribution < 1.29 is 19.1 Å². The zero-order valence-electron chi connectivity index (χ0n) is 20.2. The van der Waals surface area contributed by atoms with Gasteiger partial charge in [-0.2, -0.15) is 0 Å². The molecule has 2 N–H and O–H groups in total. The summed E-state index contributed by atoms with van der Waals surface area (Å²) >= 11 is 0. The van der Waals surface area contributed by atoms with Gasteiger partial charge in [0.05, 0.1) is 20.3 Å². The summed E-state index contributed by atoms with van der Waals surface area (Å²) < 4.78 is 11.2. The van der Waals surface area contributed by atoms with E-state index in [0.29, 0.717) is 38.3 Å². The lowest BCUT2D eigenvalue weighted by Gasteiger charge is -2.11. The van der Waals surface area contributed by atoms with Crippen molar-refractivity contribution in [1.29, 1.82) is 0 Å². The van der Waals surface area contributed by atoms with Gasteiger partial charge in [0.25, 0.3) is 5.91 Å². The lowest BCUT2D eigenvalue weighted by Crippen LogP contribution is -2.27. The highest BCUT2D eigenvalue weighted by Gasteiger charge is 2.07. The van der Waals surface area contributed by atoms with Crippen molar-refractivity contribution in [1.82, 2.24) is 10.6 Å². The molecular weight excluding hydrogens is 416 g/mol. The van der Waals surface area contributed by atoms with Crippen LogP contribution in [0.5, 0.6) is 5.75 Å². The highest BCUT2D eigenvalue weighted by Crippen LogP contribution is 2.22. The van der Waals surface area contributed by atoms with Crippen LogP contribution in [0, 0.1) is 0 Å². The molecule has 2 rings (SSSR count). The Morgan fingerprint density at radius 2 is 1.64 bits per heavy atom. The summed E-state index contributed by atoms with van der Waals surface area (Å²) in [5.41, 5.74) is 3.99. The molecule has 0 spiro atoms. The molecule has 0 heterocycles. The third-order valence-electron chi connectivity index (χ3n) is 5.40. The number of nitrogens with one attached hydrogen (secondary N) is 2. The fourth-order valence-electron chi connectivity index (χ4n) is 3.44. The number of methoxy groups -OCH3 is 1. The minimum Gasteiger partial charge on any atom is -0.496 e. The predicted octanol–water partition coefficient (Wildman–Crippen LogP) is 4.44. The van der Waals surface area contributed by atoms with Crippen LogP contribution in [0.1, 0.15) is 66.6 Å². The maximum atomic E-state index is 12.3. The molecule has 0 aliphatic heterocycles. The molecule has 0 unspecified atom stereocenters. The van der Waals surface area contributed by atoms with Crippen molar-refractivity contribution in [2.24, 2.45) is 0 Å². The molecule has 0 aromatic heterocycles. The van der Waals surface area contributed by atoms with E-state index in [9.17, 15) is 9.59 Å². The van der Waals surface area contributed by atoms with Crippen LogP contribution in [0.4, 0.5) is 0 Å². The van der Waals surface area contributed by atoms with Gasteiger partial charge in [-0.05, 0) is 60.6 Å². The van der Waals surface area contributed by atoms with Crippen LogP contribution in [-0.4, -0.2) is 38.7 Å². The molecule has 2 aromatic carbocycles. The minimum absolute atomic E-state index is 0.0433. The van der Waals surface area contributed by atoms with Crippen LogP contribution in [0.3, 0.4) is 0 Å². The second-order valence-corrected chi connectivity index (χ2v) is 8.09. The summed E-state index contributed by atoms with van der Waals surface area (Å²) in [7, 11) is 1.70. The van der Waals surface area contributed by atoms with Gasteiger partial charge in [-0.25, -0.2) is 0 Å². The Kier molecular flexibility index (Phi) is 12.0. The lowest BCUT2D eigenvalue weighted by atomic mass is 10.0. The third-order valence-corrected chi connectivity index (χ3v) is 5.40. The predicted molar refractivity (Wildman–Crippen MR) is 132 cm³/mol. The van der Waals surface area contributed by atoms with Crippen LogP contribution >= 0.6 is 0 Å². The van der Waals surface area contributed by atoms with E-state index in [0.717, 1.165) is 36.1 Å². The summed E-state index contributed by atoms with van der Waals surface area (Å²) in [6.07, 6.45) is 5.55. The van der Waals surface area contributed by atoms with E-state index >= 15 is 0 Å². The largest absolute Gasteiger partial charge is 0.496 e. The van der Waals surface area contributed by atoms with Gasteiger partial charge in [0.1, 0.15) is 5.75 Å². The first-order valence-electron chi connectivity index (χ1n) is 11.9. The maximum absolute atomic E-state index is 12.3. The van der Waals surface area contributed by atoms with Crippen molar-refractivity contribution in [2.45, 2.75) is 58.9 Å². The topological polar surface area (TPSA) is 76.7 Å². The van der Waals surface area contributed by atoms with E-state index < -0.39 is 0 Å². The average Bonchev–Trinajstić information content (AvgIpc) is 2.84. The third kappa shape index (κ3) is 9.66. The number of unbranched alkanes of at least 4 members (excludes halogenated alkanes) is 1. The van der Waals surface area contributed by atoms with Crippen molar-refractivity contribution >= 4 is 11.8 Å². The van der Waals surface area contributed by atoms with Gasteiger partial charge in [-0.15, -0.1) is 0 Å². The molecule has 180 valence electrons. The molecule has 2 aromatic rings. The number of ether oxygens (including phenoxy) is 2. The molecule has 6 nitrogen and oxygen atoms in total. The molecule has 0 radical (unpaired) electrons. The first-order chi connectivity index (χ1) is 16.1. The van der Waals surface area contributed by atoms with Gasteiger partial charge >= 0.3 is 0 Å². The number of rotatable bonds is 15. The number of aryl methyl sites for hydroxylation is 1. The minimum atomic E-state index is -0.135. The zero-order valence-corrected chi connectivity index (χ0v) is 20.2. The summed E-state index contributed by atoms with van der Waals surface area (Å²) in [5.74, 6) is 0.820. The smallest absolute Gasteiger partial charge is 0.251 e. The fraction of sp³-hybridized carbons (Fsp3) is 0.481. The Hall–Kier alpha value is -2.86. The number of hydrogen-bond donors (Lipinski definition) is 2. The Balaban J connectivity index is 1.66. The van der Waals surface area contributed by atoms with Gasteiger partial charge in [-0.3, -0.25) is 9.59 Å². The maximum Gasteiger partial charge on any atom is 0.251 e. The van der Waals surface area contributed by atoms with E-state index in [4.69, 9.17) is 9.47 Å². The van der Waals surface area contributed by atoms with Gasteiger partial charge in [0.15, 0.2) is 0 Å². The van der Waals surface area contributed by atoms with E-state index in [1.165, 1.54) is 18.4 Å². The summed E-state index contributed by atoms with van der Waals surface area (Å²) in [6, 6.07) is 13.7. The lowest BCUT2D eigenvalue weighted by molar-refractivity contribution is -0.121. The molecule has 0 saturated heterocycles. The number of amides is 2. The fourth-order valence-corrected chi connectivity index (χ4v) is 3.44. The number of hydrogen-bond acceptors (Lipinski definition) is 4. The second-order valence-electron chi connectivity index (χ2n) is 8.09. The Bertz CT molecular complexity index is 865. The highest BCUT2D eigenvalue weighted by atomic mass is 16.5. The first kappa shape index (κ1) is 26.4. The van der Waals surface area contributed by atoms with Gasteiger partial charge in [0.2, 0.25) is 5.91 Å². The number of carbonyl (C=O) groups excluding carboxylic acids is 2. The molecule has 2 amide bonds. The summed E-state index contributed by atoms with van der Waals surface area (Å²) in [5, 5.41) is 5.74. The van der Waals surface area contributed by atoms with Crippen molar-refractivity contribution in [3.8, 4) is 5.75 Å². The van der Waals surface area contributed by atoms with Crippen molar-refractivity contribution in [3.05, 3.63) is 64.7 Å². The number of benzene rings is 2. The van der Waals surface area contributed by atoms with Crippen molar-refractivity contribution in [2.75, 3.05) is 26.9 Å². The molecular formula is C27H38N2O4. The molecule has 33 heavy (non-hydrogen) atoms. The van der Waals surface area contributed by atoms with Crippen LogP contribution in [0.2, 0.25) is 0 Å². The SMILES string of the molecule is CCCCc1ccc(CCOCCNC(=O)c2ccc(CNC(=O)CCC)cc2)c(OC)c1. The molecule has 0 saturated carbocycles. The van der Waals surface area contributed by atoms with Gasteiger partial charge in [0, 0.05) is 25.1 Å². The summed E-state index contributed by atoms with van der Waals surface area (Å²) in [6.45, 7) is 6.10. The van der Waals surface area contributed by atoms with Crippen molar-refractivity contribution in [3.63, 3.8) is 0 Å². The van der Waals surface area contributed by atoms with Gasteiger partial charge in [-0.1, -0.05) is 44.5 Å². The molecule has 0 bridgehead atoms. The Morgan fingerprint density at radius 3 is 2.33 bits per heavy atom. The monoisotopic (exact) mass is 454 g/mol. The summed E-state index contributed by atoms with van der Waals surface area (Å²) in [4.78, 5) is 23.9. The normalized spacial score (nSPS) is 10.6. The second kappa shape index (κ2) is 15.1. The first-order valence-corrected chi connectivity index (χ1v) is 11.9. The Morgan fingerprint density at radius 1 is 0.879 bits per heavy atom. The van der Waals surface area contributed by atoms with Crippen LogP contribution in [0.15, 0.2) is 42.5 Å². The quantitative estimate of drug-likeness (QED) is 0.390. The average molecular weight is 455 g/mol. The zero-order chi connectivity index (χ0) is 23.9. The highest BCUT2D eigenvalue weighted by molar-refractivity contribution is 5.94. The Labute approximate surface area is 198 Å². The van der Waals surface area contributed by atoms with E-state index in [1.54, 1.807) is 19.2 Å². The van der Waals surface area contributed by atoms with Gasteiger partial charge < -0.3 is 20.1 Å². The molecule has 0 aliphatic rings. The van der Waals surface area contributed by atoms with Crippen LogP contribution < -0.4 is 15.4 Å². The molecule has 6 heteroatoms. The van der Waals surface area contributed by atoms with E-state index in [2.05, 4.69) is 35.8 Å². The van der Waals surface area contributed by atoms with Crippen LogP contribution in [0.25, 0.3) is 0 Å². The van der Waals surface area contributed by atoms with E-state index in [-0.39, 0.29) is 11.8 Å². The molecule has 0 aliphatic carbocycles.